The van der Waals surface area contributed by atoms with E-state index in [9.17, 15) is 4.79 Å². The van der Waals surface area contributed by atoms with Crippen LogP contribution in [0.1, 0.15) is 23.1 Å². The van der Waals surface area contributed by atoms with Crippen LogP contribution in [0.4, 0.5) is 0 Å². The lowest BCUT2D eigenvalue weighted by Gasteiger charge is -2.05. The van der Waals surface area contributed by atoms with E-state index in [-0.39, 0.29) is 5.69 Å². The number of imidazole rings is 1. The number of ether oxygens (including phenoxy) is 1. The average Bonchev–Trinajstić information content (AvgIpc) is 2.93. The highest BCUT2D eigenvalue weighted by Gasteiger charge is 2.18. The van der Waals surface area contributed by atoms with E-state index in [1.165, 1.54) is 0 Å². The SMILES string of the molecule is CCOC(=O)c1ncn2c(C)cc(-c3cnccn3)nc12. The van der Waals surface area contributed by atoms with Gasteiger partial charge < -0.3 is 4.74 Å². The fourth-order valence-corrected chi connectivity index (χ4v) is 2.03. The zero-order valence-corrected chi connectivity index (χ0v) is 11.6. The van der Waals surface area contributed by atoms with Crippen molar-refractivity contribution in [1.29, 1.82) is 0 Å². The molecule has 106 valence electrons. The first kappa shape index (κ1) is 13.2. The lowest BCUT2D eigenvalue weighted by molar-refractivity contribution is 0.0522. The van der Waals surface area contributed by atoms with E-state index in [2.05, 4.69) is 19.9 Å². The minimum atomic E-state index is -0.483. The molecule has 0 radical (unpaired) electrons. The average molecular weight is 283 g/mol. The summed E-state index contributed by atoms with van der Waals surface area (Å²) in [6.45, 7) is 3.95. The van der Waals surface area contributed by atoms with Crippen LogP contribution in [-0.4, -0.2) is 36.9 Å². The first-order valence-corrected chi connectivity index (χ1v) is 6.49. The van der Waals surface area contributed by atoms with Crippen LogP contribution in [0.2, 0.25) is 0 Å². The molecule has 3 rings (SSSR count). The molecular formula is C14H13N5O2. The van der Waals surface area contributed by atoms with Crippen molar-refractivity contribution in [3.8, 4) is 11.4 Å². The minimum absolute atomic E-state index is 0.200. The van der Waals surface area contributed by atoms with Crippen molar-refractivity contribution < 1.29 is 9.53 Å². The predicted molar refractivity (Wildman–Crippen MR) is 74.7 cm³/mol. The molecule has 3 heterocycles. The molecule has 0 spiro atoms. The number of fused-ring (bicyclic) bond motifs is 1. The second-order valence-electron chi connectivity index (χ2n) is 4.38. The fraction of sp³-hybridized carbons (Fsp3) is 0.214. The number of nitrogens with zero attached hydrogens (tertiary/aromatic N) is 5. The molecule has 0 aliphatic rings. The number of rotatable bonds is 3. The van der Waals surface area contributed by atoms with E-state index < -0.39 is 5.97 Å². The highest BCUT2D eigenvalue weighted by atomic mass is 16.5. The van der Waals surface area contributed by atoms with Crippen molar-refractivity contribution in [2.45, 2.75) is 13.8 Å². The van der Waals surface area contributed by atoms with Crippen molar-refractivity contribution in [1.82, 2.24) is 24.3 Å². The Hall–Kier alpha value is -2.83. The second-order valence-corrected chi connectivity index (χ2v) is 4.38. The molecule has 21 heavy (non-hydrogen) atoms. The number of aromatic nitrogens is 5. The molecule has 0 atom stereocenters. The molecule has 3 aromatic heterocycles. The van der Waals surface area contributed by atoms with E-state index in [0.717, 1.165) is 5.69 Å². The van der Waals surface area contributed by atoms with Crippen LogP contribution < -0.4 is 0 Å². The molecule has 0 saturated heterocycles. The number of hydrogen-bond donors (Lipinski definition) is 0. The summed E-state index contributed by atoms with van der Waals surface area (Å²) in [5, 5.41) is 0. The van der Waals surface area contributed by atoms with Gasteiger partial charge in [-0.2, -0.15) is 0 Å². The van der Waals surface area contributed by atoms with Gasteiger partial charge in [-0.15, -0.1) is 0 Å². The molecular weight excluding hydrogens is 270 g/mol. The van der Waals surface area contributed by atoms with Crippen LogP contribution in [0.15, 0.2) is 31.0 Å². The maximum atomic E-state index is 11.9. The number of hydrogen-bond acceptors (Lipinski definition) is 6. The summed E-state index contributed by atoms with van der Waals surface area (Å²) in [5.41, 5.74) is 2.82. The largest absolute Gasteiger partial charge is 0.461 e. The third-order valence-corrected chi connectivity index (χ3v) is 2.99. The Morgan fingerprint density at radius 1 is 1.29 bits per heavy atom. The monoisotopic (exact) mass is 283 g/mol. The van der Waals surface area contributed by atoms with Gasteiger partial charge in [-0.25, -0.2) is 14.8 Å². The summed E-state index contributed by atoms with van der Waals surface area (Å²) in [6.07, 6.45) is 6.37. The van der Waals surface area contributed by atoms with E-state index in [1.54, 1.807) is 36.2 Å². The summed E-state index contributed by atoms with van der Waals surface area (Å²) in [5.74, 6) is -0.483. The summed E-state index contributed by atoms with van der Waals surface area (Å²) >= 11 is 0. The second kappa shape index (κ2) is 5.28. The van der Waals surface area contributed by atoms with Crippen molar-refractivity contribution in [3.05, 3.63) is 42.4 Å². The highest BCUT2D eigenvalue weighted by molar-refractivity contribution is 5.94. The normalized spacial score (nSPS) is 10.8. The Morgan fingerprint density at radius 2 is 2.14 bits per heavy atom. The third-order valence-electron chi connectivity index (χ3n) is 2.99. The molecule has 7 nitrogen and oxygen atoms in total. The Bertz CT molecular complexity index is 798. The van der Waals surface area contributed by atoms with Gasteiger partial charge in [-0.3, -0.25) is 14.4 Å². The van der Waals surface area contributed by atoms with Gasteiger partial charge in [0.2, 0.25) is 0 Å². The maximum absolute atomic E-state index is 11.9. The Morgan fingerprint density at radius 3 is 2.86 bits per heavy atom. The lowest BCUT2D eigenvalue weighted by atomic mass is 10.2. The van der Waals surface area contributed by atoms with Gasteiger partial charge in [0.25, 0.3) is 0 Å². The Balaban J connectivity index is 2.17. The van der Waals surface area contributed by atoms with Gasteiger partial charge in [-0.05, 0) is 19.9 Å². The zero-order valence-electron chi connectivity index (χ0n) is 11.6. The molecule has 3 aromatic rings. The van der Waals surface area contributed by atoms with Gasteiger partial charge in [0.15, 0.2) is 11.3 Å². The van der Waals surface area contributed by atoms with Crippen LogP contribution in [0, 0.1) is 6.92 Å². The molecule has 0 saturated carbocycles. The topological polar surface area (TPSA) is 82.3 Å². The molecule has 0 aromatic carbocycles. The minimum Gasteiger partial charge on any atom is -0.461 e. The molecule has 0 aliphatic carbocycles. The molecule has 0 amide bonds. The standard InChI is InChI=1S/C14H13N5O2/c1-3-21-14(20)12-13-18-10(11-7-15-4-5-16-11)6-9(2)19(13)8-17-12/h4-8H,3H2,1-2H3. The van der Waals surface area contributed by atoms with Gasteiger partial charge in [-0.1, -0.05) is 0 Å². The predicted octanol–water partition coefficient (Wildman–Crippen LogP) is 1.67. The van der Waals surface area contributed by atoms with Crippen LogP contribution in [0.5, 0.6) is 0 Å². The fourth-order valence-electron chi connectivity index (χ4n) is 2.03. The first-order valence-electron chi connectivity index (χ1n) is 6.49. The summed E-state index contributed by atoms with van der Waals surface area (Å²) in [6, 6.07) is 1.87. The smallest absolute Gasteiger partial charge is 0.360 e. The van der Waals surface area contributed by atoms with Gasteiger partial charge in [0.1, 0.15) is 12.0 Å². The summed E-state index contributed by atoms with van der Waals surface area (Å²) in [7, 11) is 0. The van der Waals surface area contributed by atoms with Gasteiger partial charge in [0, 0.05) is 18.1 Å². The lowest BCUT2D eigenvalue weighted by Crippen LogP contribution is -2.07. The van der Waals surface area contributed by atoms with Crippen LogP contribution in [-0.2, 0) is 4.74 Å². The number of aryl methyl sites for hydroxylation is 1. The molecule has 0 aliphatic heterocycles. The van der Waals surface area contributed by atoms with Crippen LogP contribution in [0.25, 0.3) is 17.0 Å². The highest BCUT2D eigenvalue weighted by Crippen LogP contribution is 2.18. The van der Waals surface area contributed by atoms with Crippen molar-refractivity contribution in [2.75, 3.05) is 6.61 Å². The number of carbonyl (C=O) groups is 1. The number of carbonyl (C=O) groups excluding carboxylic acids is 1. The quantitative estimate of drug-likeness (QED) is 0.680. The summed E-state index contributed by atoms with van der Waals surface area (Å²) < 4.78 is 6.74. The van der Waals surface area contributed by atoms with Gasteiger partial charge >= 0.3 is 5.97 Å². The van der Waals surface area contributed by atoms with Crippen molar-refractivity contribution in [3.63, 3.8) is 0 Å². The summed E-state index contributed by atoms with van der Waals surface area (Å²) in [4.78, 5) is 28.7. The van der Waals surface area contributed by atoms with Crippen LogP contribution >= 0.6 is 0 Å². The third kappa shape index (κ3) is 2.33. The zero-order chi connectivity index (χ0) is 14.8. The number of esters is 1. The van der Waals surface area contributed by atoms with E-state index in [4.69, 9.17) is 4.74 Å². The van der Waals surface area contributed by atoms with Crippen molar-refractivity contribution in [2.24, 2.45) is 0 Å². The van der Waals surface area contributed by atoms with E-state index in [1.807, 2.05) is 13.0 Å². The first-order chi connectivity index (χ1) is 10.2. The molecule has 0 bridgehead atoms. The van der Waals surface area contributed by atoms with E-state index in [0.29, 0.717) is 23.6 Å². The van der Waals surface area contributed by atoms with Gasteiger partial charge in [0.05, 0.1) is 18.5 Å². The molecule has 0 N–H and O–H groups in total. The molecule has 0 unspecified atom stereocenters. The Kier molecular flexibility index (Phi) is 3.31. The van der Waals surface area contributed by atoms with Crippen molar-refractivity contribution >= 4 is 11.6 Å². The molecule has 0 fully saturated rings. The van der Waals surface area contributed by atoms with Crippen LogP contribution in [0.3, 0.4) is 0 Å². The Labute approximate surface area is 120 Å². The molecule has 7 heteroatoms. The maximum Gasteiger partial charge on any atom is 0.360 e. The van der Waals surface area contributed by atoms with E-state index >= 15 is 0 Å².